The first-order valence-corrected chi connectivity index (χ1v) is 9.65. The maximum absolute atomic E-state index is 12.5. The van der Waals surface area contributed by atoms with Gasteiger partial charge in [-0.25, -0.2) is 0 Å². The minimum Gasteiger partial charge on any atom is -0.393 e. The van der Waals surface area contributed by atoms with E-state index in [1.54, 1.807) is 0 Å². The highest BCUT2D eigenvalue weighted by Gasteiger charge is 2.61. The molecule has 4 aliphatic rings. The van der Waals surface area contributed by atoms with E-state index in [-0.39, 0.29) is 16.9 Å². The van der Waals surface area contributed by atoms with Crippen molar-refractivity contribution in [3.05, 3.63) is 10.4 Å². The molecule has 0 bridgehead atoms. The topological polar surface area (TPSA) is 86.1 Å². The Labute approximate surface area is 143 Å². The predicted molar refractivity (Wildman–Crippen MR) is 91.1 cm³/mol. The largest absolute Gasteiger partial charge is 0.393 e. The molecule has 0 heterocycles. The van der Waals surface area contributed by atoms with Crippen molar-refractivity contribution in [2.45, 2.75) is 77.4 Å². The van der Waals surface area contributed by atoms with Crippen molar-refractivity contribution in [3.8, 4) is 0 Å². The minimum absolute atomic E-state index is 0.0806. The standard InChI is InChI=1S/C19H29N3O2/c1-18-8-7-14-12(13(18)5-6-17(18)24)4-3-11-9-16(23)15(21-22-20)10-19(11,14)2/h11-16,23H,3-10H2,1-2H3/t11-,12-,13-,14-,15-,16-,18-,19-/m0/s1. The molecule has 0 amide bonds. The van der Waals surface area contributed by atoms with Crippen LogP contribution < -0.4 is 0 Å². The van der Waals surface area contributed by atoms with Crippen LogP contribution in [0.25, 0.3) is 10.4 Å². The van der Waals surface area contributed by atoms with Crippen LogP contribution in [-0.4, -0.2) is 23.0 Å². The Morgan fingerprint density at radius 3 is 2.75 bits per heavy atom. The summed E-state index contributed by atoms with van der Waals surface area (Å²) >= 11 is 0. The molecule has 4 fully saturated rings. The van der Waals surface area contributed by atoms with Gasteiger partial charge in [-0.15, -0.1) is 0 Å². The van der Waals surface area contributed by atoms with Crippen LogP contribution in [-0.2, 0) is 4.79 Å². The van der Waals surface area contributed by atoms with Gasteiger partial charge in [0.15, 0.2) is 0 Å². The van der Waals surface area contributed by atoms with E-state index in [1.165, 1.54) is 6.42 Å². The third-order valence-electron chi connectivity index (χ3n) is 8.59. The molecule has 0 radical (unpaired) electrons. The second-order valence-electron chi connectivity index (χ2n) is 9.35. The van der Waals surface area contributed by atoms with E-state index in [0.717, 1.165) is 44.9 Å². The van der Waals surface area contributed by atoms with E-state index in [1.807, 2.05) is 0 Å². The van der Waals surface area contributed by atoms with Crippen LogP contribution in [0, 0.1) is 34.5 Å². The van der Waals surface area contributed by atoms with E-state index >= 15 is 0 Å². The van der Waals surface area contributed by atoms with Crippen LogP contribution in [0.2, 0.25) is 0 Å². The number of carbonyl (C=O) groups is 1. The van der Waals surface area contributed by atoms with Gasteiger partial charge in [0.05, 0.1) is 12.1 Å². The van der Waals surface area contributed by atoms with E-state index in [2.05, 4.69) is 23.9 Å². The number of rotatable bonds is 1. The molecule has 5 nitrogen and oxygen atoms in total. The molecule has 0 saturated heterocycles. The zero-order chi connectivity index (χ0) is 17.1. The molecule has 8 atom stereocenters. The van der Waals surface area contributed by atoms with Crippen LogP contribution in [0.5, 0.6) is 0 Å². The first kappa shape index (κ1) is 16.4. The highest BCUT2D eigenvalue weighted by Crippen LogP contribution is 2.65. The third-order valence-corrected chi connectivity index (χ3v) is 8.59. The molecule has 24 heavy (non-hydrogen) atoms. The van der Waals surface area contributed by atoms with Gasteiger partial charge in [-0.05, 0) is 79.6 Å². The van der Waals surface area contributed by atoms with E-state index in [0.29, 0.717) is 29.5 Å². The van der Waals surface area contributed by atoms with E-state index in [9.17, 15) is 9.90 Å². The quantitative estimate of drug-likeness (QED) is 0.442. The summed E-state index contributed by atoms with van der Waals surface area (Å²) in [7, 11) is 0. The molecule has 132 valence electrons. The second-order valence-corrected chi connectivity index (χ2v) is 9.35. The Bertz CT molecular complexity index is 601. The molecule has 0 unspecified atom stereocenters. The Balaban J connectivity index is 1.65. The summed E-state index contributed by atoms with van der Waals surface area (Å²) < 4.78 is 0. The van der Waals surface area contributed by atoms with E-state index < -0.39 is 6.10 Å². The fraction of sp³-hybridized carbons (Fsp3) is 0.947. The van der Waals surface area contributed by atoms with Crippen LogP contribution in [0.4, 0.5) is 0 Å². The van der Waals surface area contributed by atoms with Crippen molar-refractivity contribution in [2.24, 2.45) is 39.6 Å². The van der Waals surface area contributed by atoms with Crippen molar-refractivity contribution in [1.29, 1.82) is 0 Å². The zero-order valence-corrected chi connectivity index (χ0v) is 14.8. The number of fused-ring (bicyclic) bond motifs is 5. The number of hydrogen-bond donors (Lipinski definition) is 1. The Morgan fingerprint density at radius 2 is 2.00 bits per heavy atom. The summed E-state index contributed by atoms with van der Waals surface area (Å²) in [5.41, 5.74) is 8.91. The lowest BCUT2D eigenvalue weighted by molar-refractivity contribution is -0.144. The van der Waals surface area contributed by atoms with Crippen molar-refractivity contribution in [2.75, 3.05) is 0 Å². The molecular weight excluding hydrogens is 302 g/mol. The molecule has 4 aliphatic carbocycles. The van der Waals surface area contributed by atoms with Gasteiger partial charge in [0.1, 0.15) is 5.78 Å². The molecule has 4 saturated carbocycles. The molecule has 0 aromatic carbocycles. The Kier molecular flexibility index (Phi) is 3.74. The number of azide groups is 1. The van der Waals surface area contributed by atoms with Gasteiger partial charge >= 0.3 is 0 Å². The molecule has 0 aliphatic heterocycles. The summed E-state index contributed by atoms with van der Waals surface area (Å²) in [5, 5.41) is 14.3. The summed E-state index contributed by atoms with van der Waals surface area (Å²) in [5.74, 6) is 2.82. The summed E-state index contributed by atoms with van der Waals surface area (Å²) in [6, 6.07) is -0.284. The number of hydrogen-bond acceptors (Lipinski definition) is 3. The van der Waals surface area contributed by atoms with Gasteiger partial charge in [0.25, 0.3) is 0 Å². The summed E-state index contributed by atoms with van der Waals surface area (Å²) in [4.78, 5) is 15.4. The van der Waals surface area contributed by atoms with Gasteiger partial charge in [-0.2, -0.15) is 0 Å². The first-order valence-electron chi connectivity index (χ1n) is 9.65. The number of Topliss-reactive ketones (excluding diaryl/α,β-unsaturated/α-hetero) is 1. The lowest BCUT2D eigenvalue weighted by atomic mass is 9.45. The second kappa shape index (κ2) is 5.47. The van der Waals surface area contributed by atoms with Crippen LogP contribution in [0.1, 0.15) is 65.2 Å². The fourth-order valence-corrected chi connectivity index (χ4v) is 7.23. The highest BCUT2D eigenvalue weighted by atomic mass is 16.3. The molecular formula is C19H29N3O2. The molecule has 0 spiro atoms. The number of nitrogens with zero attached hydrogens (tertiary/aromatic N) is 3. The summed E-state index contributed by atoms with van der Waals surface area (Å²) in [6.07, 6.45) is 7.42. The molecule has 5 heteroatoms. The average Bonchev–Trinajstić information content (AvgIpc) is 2.85. The van der Waals surface area contributed by atoms with Crippen LogP contribution in [0.3, 0.4) is 0 Å². The molecule has 4 rings (SSSR count). The van der Waals surface area contributed by atoms with Gasteiger partial charge in [-0.1, -0.05) is 19.0 Å². The third kappa shape index (κ3) is 2.10. The highest BCUT2D eigenvalue weighted by molar-refractivity contribution is 5.87. The number of aliphatic hydroxyl groups is 1. The molecule has 1 N–H and O–H groups in total. The predicted octanol–water partition coefficient (Wildman–Crippen LogP) is 4.25. The minimum atomic E-state index is -0.488. The van der Waals surface area contributed by atoms with Gasteiger partial charge in [0.2, 0.25) is 0 Å². The van der Waals surface area contributed by atoms with Crippen LogP contribution >= 0.6 is 0 Å². The van der Waals surface area contributed by atoms with Gasteiger partial charge in [0, 0.05) is 16.7 Å². The monoisotopic (exact) mass is 331 g/mol. The first-order chi connectivity index (χ1) is 11.4. The lowest BCUT2D eigenvalue weighted by Crippen LogP contribution is -2.56. The normalized spacial score (nSPS) is 53.5. The molecule has 0 aromatic heterocycles. The summed E-state index contributed by atoms with van der Waals surface area (Å²) in [6.45, 7) is 4.59. The van der Waals surface area contributed by atoms with Gasteiger partial charge in [-0.3, -0.25) is 4.79 Å². The van der Waals surface area contributed by atoms with Crippen molar-refractivity contribution >= 4 is 5.78 Å². The number of carbonyl (C=O) groups excluding carboxylic acids is 1. The fourth-order valence-electron chi connectivity index (χ4n) is 7.23. The Hall–Kier alpha value is -1.06. The smallest absolute Gasteiger partial charge is 0.139 e. The maximum Gasteiger partial charge on any atom is 0.139 e. The van der Waals surface area contributed by atoms with Crippen molar-refractivity contribution in [1.82, 2.24) is 0 Å². The van der Waals surface area contributed by atoms with E-state index in [4.69, 9.17) is 5.53 Å². The number of aliphatic hydroxyl groups excluding tert-OH is 1. The Morgan fingerprint density at radius 1 is 1.21 bits per heavy atom. The molecule has 0 aromatic rings. The van der Waals surface area contributed by atoms with Crippen LogP contribution in [0.15, 0.2) is 5.11 Å². The van der Waals surface area contributed by atoms with Crippen molar-refractivity contribution in [3.63, 3.8) is 0 Å². The maximum atomic E-state index is 12.5. The zero-order valence-electron chi connectivity index (χ0n) is 14.8. The number of ketones is 1. The van der Waals surface area contributed by atoms with Crippen molar-refractivity contribution < 1.29 is 9.90 Å². The SMILES string of the molecule is C[C@]12C[C@H](N=[N+]=[N-])[C@@H](O)C[C@@H]1CC[C@@H]1[C@@H]2CC[C@]2(C)C(=O)CC[C@@H]12. The van der Waals surface area contributed by atoms with Gasteiger partial charge < -0.3 is 5.11 Å². The average molecular weight is 331 g/mol. The lowest BCUT2D eigenvalue weighted by Gasteiger charge is -2.60.